The van der Waals surface area contributed by atoms with E-state index in [0.717, 1.165) is 34.5 Å². The number of benzene rings is 2. The summed E-state index contributed by atoms with van der Waals surface area (Å²) in [5.41, 5.74) is 5.40. The SMILES string of the molecule is CC(C)(C)Cc1nc2c(Cl)nnc(Cl)c2n1Cc1ccc(-c2ccccc2-c2nn[nH]n2)cc1. The van der Waals surface area contributed by atoms with Crippen LogP contribution in [0.5, 0.6) is 0 Å². The van der Waals surface area contributed by atoms with Crippen molar-refractivity contribution in [2.24, 2.45) is 5.41 Å². The fourth-order valence-electron chi connectivity index (χ4n) is 3.99. The van der Waals surface area contributed by atoms with Gasteiger partial charge in [-0.05, 0) is 27.3 Å². The molecule has 0 aliphatic heterocycles. The maximum Gasteiger partial charge on any atom is 0.205 e. The standard InChI is InChI=1S/C24H22Cl2N8/c1-24(2,3)12-18-27-19-20(22(26)29-28-21(19)25)34(18)13-14-8-10-15(11-9-14)16-6-4-5-7-17(16)23-30-32-33-31-23/h4-11H,12-13H2,1-3H3,(H,30,31,32,33). The van der Waals surface area contributed by atoms with Crippen LogP contribution in [0.25, 0.3) is 33.5 Å². The Bertz CT molecular complexity index is 1450. The Labute approximate surface area is 206 Å². The number of aromatic amines is 1. The van der Waals surface area contributed by atoms with Gasteiger partial charge in [-0.25, -0.2) is 4.98 Å². The van der Waals surface area contributed by atoms with Crippen LogP contribution >= 0.6 is 23.2 Å². The number of rotatable bonds is 5. The monoisotopic (exact) mass is 492 g/mol. The summed E-state index contributed by atoms with van der Waals surface area (Å²) in [4.78, 5) is 4.78. The second-order valence-corrected chi connectivity index (χ2v) is 10.0. The molecule has 172 valence electrons. The molecule has 0 radical (unpaired) electrons. The minimum Gasteiger partial charge on any atom is -0.321 e. The molecule has 3 heterocycles. The van der Waals surface area contributed by atoms with Crippen LogP contribution in [0, 0.1) is 5.41 Å². The summed E-state index contributed by atoms with van der Waals surface area (Å²) in [6, 6.07) is 16.4. The van der Waals surface area contributed by atoms with Crippen molar-refractivity contribution in [3.63, 3.8) is 0 Å². The lowest BCUT2D eigenvalue weighted by Gasteiger charge is -2.19. The smallest absolute Gasteiger partial charge is 0.205 e. The van der Waals surface area contributed by atoms with Crippen LogP contribution < -0.4 is 0 Å². The van der Waals surface area contributed by atoms with E-state index in [2.05, 4.69) is 80.4 Å². The predicted molar refractivity (Wildman–Crippen MR) is 133 cm³/mol. The van der Waals surface area contributed by atoms with Gasteiger partial charge < -0.3 is 4.57 Å². The molecule has 5 rings (SSSR count). The molecule has 8 nitrogen and oxygen atoms in total. The van der Waals surface area contributed by atoms with Crippen molar-refractivity contribution in [1.29, 1.82) is 0 Å². The molecule has 0 fully saturated rings. The van der Waals surface area contributed by atoms with Crippen molar-refractivity contribution in [3.05, 3.63) is 70.2 Å². The number of fused-ring (bicyclic) bond motifs is 1. The summed E-state index contributed by atoms with van der Waals surface area (Å²) >= 11 is 12.8. The summed E-state index contributed by atoms with van der Waals surface area (Å²) in [6.45, 7) is 7.10. The number of tetrazole rings is 1. The van der Waals surface area contributed by atoms with E-state index in [1.54, 1.807) is 0 Å². The second-order valence-electron chi connectivity index (χ2n) is 9.31. The Morgan fingerprint density at radius 2 is 1.59 bits per heavy atom. The van der Waals surface area contributed by atoms with Crippen LogP contribution in [-0.2, 0) is 13.0 Å². The van der Waals surface area contributed by atoms with E-state index in [9.17, 15) is 0 Å². The van der Waals surface area contributed by atoms with E-state index in [-0.39, 0.29) is 15.7 Å². The van der Waals surface area contributed by atoms with Gasteiger partial charge in [0.25, 0.3) is 0 Å². The fourth-order valence-corrected chi connectivity index (χ4v) is 4.39. The van der Waals surface area contributed by atoms with Crippen molar-refractivity contribution >= 4 is 34.2 Å². The minimum atomic E-state index is 0.0294. The molecule has 10 heteroatoms. The molecule has 0 amide bonds. The van der Waals surface area contributed by atoms with Gasteiger partial charge in [-0.2, -0.15) is 5.21 Å². The third-order valence-corrected chi connectivity index (χ3v) is 5.98. The predicted octanol–water partition coefficient (Wildman–Crippen LogP) is 5.62. The highest BCUT2D eigenvalue weighted by atomic mass is 35.5. The number of nitrogens with one attached hydrogen (secondary N) is 1. The maximum atomic E-state index is 6.44. The molecular formula is C24H22Cl2N8. The van der Waals surface area contributed by atoms with Gasteiger partial charge in [0.05, 0.1) is 0 Å². The summed E-state index contributed by atoms with van der Waals surface area (Å²) in [5, 5.41) is 22.9. The number of H-pyrrole nitrogens is 1. The van der Waals surface area contributed by atoms with Crippen LogP contribution in [0.4, 0.5) is 0 Å². The molecule has 3 aromatic heterocycles. The fraction of sp³-hybridized carbons (Fsp3) is 0.250. The molecule has 5 aromatic rings. The van der Waals surface area contributed by atoms with Gasteiger partial charge in [-0.3, -0.25) is 0 Å². The number of hydrogen-bond donors (Lipinski definition) is 1. The average Bonchev–Trinajstić information content (AvgIpc) is 3.46. The second kappa shape index (κ2) is 8.77. The summed E-state index contributed by atoms with van der Waals surface area (Å²) < 4.78 is 2.09. The normalized spacial score (nSPS) is 11.9. The van der Waals surface area contributed by atoms with Gasteiger partial charge >= 0.3 is 0 Å². The van der Waals surface area contributed by atoms with E-state index in [0.29, 0.717) is 23.4 Å². The Morgan fingerprint density at radius 1 is 0.882 bits per heavy atom. The molecule has 0 aliphatic rings. The van der Waals surface area contributed by atoms with E-state index in [1.807, 2.05) is 24.3 Å². The third-order valence-electron chi connectivity index (χ3n) is 5.47. The topological polar surface area (TPSA) is 98.1 Å². The number of aromatic nitrogens is 8. The van der Waals surface area contributed by atoms with Crippen molar-refractivity contribution in [3.8, 4) is 22.5 Å². The summed E-state index contributed by atoms with van der Waals surface area (Å²) in [7, 11) is 0. The van der Waals surface area contributed by atoms with Gasteiger partial charge in [0.15, 0.2) is 10.3 Å². The Morgan fingerprint density at radius 3 is 2.26 bits per heavy atom. The lowest BCUT2D eigenvalue weighted by molar-refractivity contribution is 0.394. The highest BCUT2D eigenvalue weighted by Crippen LogP contribution is 2.32. The molecular weight excluding hydrogens is 471 g/mol. The Balaban J connectivity index is 1.53. The molecule has 0 atom stereocenters. The molecule has 0 saturated carbocycles. The molecule has 1 N–H and O–H groups in total. The zero-order chi connectivity index (χ0) is 23.9. The highest BCUT2D eigenvalue weighted by molar-refractivity contribution is 6.37. The van der Waals surface area contributed by atoms with Gasteiger partial charge in [0.1, 0.15) is 16.9 Å². The van der Waals surface area contributed by atoms with Gasteiger partial charge in [0.2, 0.25) is 5.82 Å². The van der Waals surface area contributed by atoms with Crippen LogP contribution in [-0.4, -0.2) is 40.4 Å². The van der Waals surface area contributed by atoms with Crippen LogP contribution in [0.2, 0.25) is 10.3 Å². The van der Waals surface area contributed by atoms with Crippen molar-refractivity contribution in [2.45, 2.75) is 33.7 Å². The molecule has 0 bridgehead atoms. The van der Waals surface area contributed by atoms with Gasteiger partial charge in [-0.1, -0.05) is 92.5 Å². The highest BCUT2D eigenvalue weighted by Gasteiger charge is 2.22. The lowest BCUT2D eigenvalue weighted by atomic mass is 9.92. The molecule has 0 saturated heterocycles. The van der Waals surface area contributed by atoms with E-state index in [1.165, 1.54) is 0 Å². The van der Waals surface area contributed by atoms with Crippen molar-refractivity contribution in [1.82, 2.24) is 40.4 Å². The number of halogens is 2. The van der Waals surface area contributed by atoms with E-state index >= 15 is 0 Å². The third kappa shape index (κ3) is 4.38. The van der Waals surface area contributed by atoms with Crippen molar-refractivity contribution < 1.29 is 0 Å². The van der Waals surface area contributed by atoms with Gasteiger partial charge in [-0.15, -0.1) is 20.4 Å². The summed E-state index contributed by atoms with van der Waals surface area (Å²) in [6.07, 6.45) is 0.754. The molecule has 34 heavy (non-hydrogen) atoms. The molecule has 0 spiro atoms. The van der Waals surface area contributed by atoms with Crippen LogP contribution in [0.15, 0.2) is 48.5 Å². The van der Waals surface area contributed by atoms with E-state index in [4.69, 9.17) is 28.2 Å². The lowest BCUT2D eigenvalue weighted by Crippen LogP contribution is -2.15. The Kier molecular flexibility index (Phi) is 5.79. The number of nitrogens with zero attached hydrogens (tertiary/aromatic N) is 7. The largest absolute Gasteiger partial charge is 0.321 e. The minimum absolute atomic E-state index is 0.0294. The first-order valence-corrected chi connectivity index (χ1v) is 11.5. The maximum absolute atomic E-state index is 6.44. The van der Waals surface area contributed by atoms with Gasteiger partial charge in [0, 0.05) is 18.5 Å². The molecule has 2 aromatic carbocycles. The van der Waals surface area contributed by atoms with Crippen LogP contribution in [0.1, 0.15) is 32.2 Å². The zero-order valence-corrected chi connectivity index (χ0v) is 20.4. The number of hydrogen-bond acceptors (Lipinski definition) is 6. The zero-order valence-electron chi connectivity index (χ0n) is 18.9. The van der Waals surface area contributed by atoms with Crippen LogP contribution in [0.3, 0.4) is 0 Å². The first-order chi connectivity index (χ1) is 16.3. The van der Waals surface area contributed by atoms with E-state index < -0.39 is 0 Å². The molecule has 0 unspecified atom stereocenters. The summed E-state index contributed by atoms with van der Waals surface area (Å²) in [5.74, 6) is 1.46. The first-order valence-electron chi connectivity index (χ1n) is 10.8. The quantitative estimate of drug-likeness (QED) is 0.342. The first kappa shape index (κ1) is 22.4. The molecule has 0 aliphatic carbocycles. The average molecular weight is 493 g/mol. The van der Waals surface area contributed by atoms with Crippen molar-refractivity contribution in [2.75, 3.05) is 0 Å². The Hall–Kier alpha value is -3.36. The number of imidazole rings is 1.